The highest BCUT2D eigenvalue weighted by atomic mass is 35.5. The van der Waals surface area contributed by atoms with Gasteiger partial charge in [0, 0.05) is 25.4 Å². The first-order chi connectivity index (χ1) is 13.0. The molecule has 140 valence electrons. The molecular weight excluding hydrogens is 384 g/mol. The fourth-order valence-electron chi connectivity index (χ4n) is 2.63. The zero-order chi connectivity index (χ0) is 19.4. The van der Waals surface area contributed by atoms with Crippen molar-refractivity contribution in [1.82, 2.24) is 14.3 Å². The Hall–Kier alpha value is -2.51. The van der Waals surface area contributed by atoms with Gasteiger partial charge in [0.05, 0.1) is 16.4 Å². The van der Waals surface area contributed by atoms with Crippen LogP contribution in [0.3, 0.4) is 0 Å². The third-order valence-electron chi connectivity index (χ3n) is 4.11. The van der Waals surface area contributed by atoms with Crippen LogP contribution >= 0.6 is 23.4 Å². The highest BCUT2D eigenvalue weighted by molar-refractivity contribution is 7.99. The van der Waals surface area contributed by atoms with Crippen LogP contribution in [-0.4, -0.2) is 26.0 Å². The predicted octanol–water partition coefficient (Wildman–Crippen LogP) is 3.65. The van der Waals surface area contributed by atoms with Crippen LogP contribution in [0.25, 0.3) is 5.69 Å². The Bertz CT molecular complexity index is 1010. The standard InChI is InChI=1S/C19H19ClN4O2S/c1-13-17(19(26)24(23(13)2)14-7-4-3-5-8-14)22-16(25)10-12-27-18-15(20)9-6-11-21-18/h3-9,11H,10,12H2,1-2H3,(H,22,25). The summed E-state index contributed by atoms with van der Waals surface area (Å²) in [6.45, 7) is 1.80. The third-order valence-corrected chi connectivity index (χ3v) is 5.54. The molecule has 0 spiro atoms. The molecule has 0 atom stereocenters. The van der Waals surface area contributed by atoms with E-state index in [0.29, 0.717) is 27.2 Å². The lowest BCUT2D eigenvalue weighted by atomic mass is 10.3. The number of anilines is 1. The molecule has 0 aliphatic heterocycles. The number of nitrogens with one attached hydrogen (secondary N) is 1. The van der Waals surface area contributed by atoms with E-state index in [1.54, 1.807) is 37.0 Å². The van der Waals surface area contributed by atoms with Crippen molar-refractivity contribution >= 4 is 35.0 Å². The molecule has 3 aromatic rings. The van der Waals surface area contributed by atoms with Crippen LogP contribution in [0.2, 0.25) is 5.02 Å². The molecule has 1 amide bonds. The molecule has 6 nitrogen and oxygen atoms in total. The average Bonchev–Trinajstić information content (AvgIpc) is 2.87. The lowest BCUT2D eigenvalue weighted by Crippen LogP contribution is -2.23. The van der Waals surface area contributed by atoms with Crippen LogP contribution < -0.4 is 10.9 Å². The van der Waals surface area contributed by atoms with Gasteiger partial charge in [0.2, 0.25) is 5.91 Å². The Kier molecular flexibility index (Phi) is 6.03. The van der Waals surface area contributed by atoms with Gasteiger partial charge in [0.15, 0.2) is 0 Å². The van der Waals surface area contributed by atoms with E-state index in [-0.39, 0.29) is 17.9 Å². The summed E-state index contributed by atoms with van der Waals surface area (Å²) < 4.78 is 3.27. The summed E-state index contributed by atoms with van der Waals surface area (Å²) in [5.74, 6) is 0.294. The second-order valence-electron chi connectivity index (χ2n) is 5.87. The minimum absolute atomic E-state index is 0.222. The smallest absolute Gasteiger partial charge is 0.295 e. The van der Waals surface area contributed by atoms with Crippen LogP contribution in [0.5, 0.6) is 0 Å². The number of aromatic nitrogens is 3. The number of rotatable bonds is 6. The number of carbonyl (C=O) groups excluding carboxylic acids is 1. The molecule has 0 fully saturated rings. The van der Waals surface area contributed by atoms with Gasteiger partial charge >= 0.3 is 0 Å². The number of hydrogen-bond acceptors (Lipinski definition) is 4. The van der Waals surface area contributed by atoms with E-state index in [2.05, 4.69) is 10.3 Å². The topological polar surface area (TPSA) is 68.9 Å². The maximum Gasteiger partial charge on any atom is 0.295 e. The van der Waals surface area contributed by atoms with Gasteiger partial charge in [-0.3, -0.25) is 14.3 Å². The number of halogens is 1. The number of amides is 1. The molecule has 0 aliphatic carbocycles. The van der Waals surface area contributed by atoms with Crippen molar-refractivity contribution in [1.29, 1.82) is 0 Å². The van der Waals surface area contributed by atoms with Gasteiger partial charge in [-0.1, -0.05) is 29.8 Å². The zero-order valence-corrected chi connectivity index (χ0v) is 16.5. The molecule has 0 saturated carbocycles. The Morgan fingerprint density at radius 3 is 2.67 bits per heavy atom. The minimum Gasteiger partial charge on any atom is -0.320 e. The summed E-state index contributed by atoms with van der Waals surface area (Å²) in [5.41, 5.74) is 1.48. The Morgan fingerprint density at radius 2 is 1.96 bits per heavy atom. The first kappa shape index (κ1) is 19.3. The predicted molar refractivity (Wildman–Crippen MR) is 109 cm³/mol. The van der Waals surface area contributed by atoms with Crippen LogP contribution in [0.1, 0.15) is 12.1 Å². The largest absolute Gasteiger partial charge is 0.320 e. The summed E-state index contributed by atoms with van der Waals surface area (Å²) >= 11 is 7.47. The molecule has 3 rings (SSSR count). The van der Waals surface area contributed by atoms with Crippen molar-refractivity contribution in [3.05, 3.63) is 69.7 Å². The normalized spacial score (nSPS) is 10.8. The Balaban J connectivity index is 1.70. The van der Waals surface area contributed by atoms with E-state index in [0.717, 1.165) is 5.69 Å². The van der Waals surface area contributed by atoms with Crippen LogP contribution in [0.15, 0.2) is 58.5 Å². The molecule has 1 N–H and O–H groups in total. The third kappa shape index (κ3) is 4.26. The van der Waals surface area contributed by atoms with Crippen molar-refractivity contribution in [3.8, 4) is 5.69 Å². The number of hydrogen-bond donors (Lipinski definition) is 1. The zero-order valence-electron chi connectivity index (χ0n) is 15.0. The second kappa shape index (κ2) is 8.45. The number of pyridine rings is 1. The highest BCUT2D eigenvalue weighted by Gasteiger charge is 2.18. The van der Waals surface area contributed by atoms with E-state index in [9.17, 15) is 9.59 Å². The van der Waals surface area contributed by atoms with Crippen molar-refractivity contribution in [3.63, 3.8) is 0 Å². The van der Waals surface area contributed by atoms with Crippen molar-refractivity contribution < 1.29 is 4.79 Å². The molecule has 0 unspecified atom stereocenters. The summed E-state index contributed by atoms with van der Waals surface area (Å²) in [7, 11) is 1.79. The molecule has 0 radical (unpaired) electrons. The van der Waals surface area contributed by atoms with Gasteiger partial charge in [0.25, 0.3) is 5.56 Å². The van der Waals surface area contributed by atoms with Crippen molar-refractivity contribution in [2.75, 3.05) is 11.1 Å². The monoisotopic (exact) mass is 402 g/mol. The van der Waals surface area contributed by atoms with E-state index in [1.165, 1.54) is 16.4 Å². The number of para-hydroxylation sites is 1. The van der Waals surface area contributed by atoms with Gasteiger partial charge in [0.1, 0.15) is 10.7 Å². The van der Waals surface area contributed by atoms with E-state index >= 15 is 0 Å². The molecular formula is C19H19ClN4O2S. The summed E-state index contributed by atoms with van der Waals surface area (Å²) in [4.78, 5) is 29.3. The SMILES string of the molecule is Cc1c(NC(=O)CCSc2ncccc2Cl)c(=O)n(-c2ccccc2)n1C. The molecule has 8 heteroatoms. The van der Waals surface area contributed by atoms with Gasteiger partial charge < -0.3 is 5.32 Å². The van der Waals surface area contributed by atoms with Gasteiger partial charge in [-0.25, -0.2) is 9.67 Å². The van der Waals surface area contributed by atoms with Crippen LogP contribution in [0, 0.1) is 6.92 Å². The van der Waals surface area contributed by atoms with Gasteiger partial charge in [-0.15, -0.1) is 11.8 Å². The summed E-state index contributed by atoms with van der Waals surface area (Å²) in [6.07, 6.45) is 1.91. The number of nitrogens with zero attached hydrogens (tertiary/aromatic N) is 3. The van der Waals surface area contributed by atoms with Gasteiger partial charge in [-0.05, 0) is 31.2 Å². The van der Waals surface area contributed by atoms with Crippen molar-refractivity contribution in [2.45, 2.75) is 18.4 Å². The van der Waals surface area contributed by atoms with E-state index < -0.39 is 0 Å². The molecule has 1 aromatic carbocycles. The fraction of sp³-hybridized carbons (Fsp3) is 0.211. The van der Waals surface area contributed by atoms with E-state index in [4.69, 9.17) is 11.6 Å². The van der Waals surface area contributed by atoms with E-state index in [1.807, 2.05) is 30.3 Å². The number of benzene rings is 1. The first-order valence-corrected chi connectivity index (χ1v) is 9.72. The minimum atomic E-state index is -0.255. The van der Waals surface area contributed by atoms with Crippen LogP contribution in [0.4, 0.5) is 5.69 Å². The molecule has 27 heavy (non-hydrogen) atoms. The average molecular weight is 403 g/mol. The molecule has 2 aromatic heterocycles. The number of thioether (sulfide) groups is 1. The van der Waals surface area contributed by atoms with Crippen molar-refractivity contribution in [2.24, 2.45) is 7.05 Å². The summed E-state index contributed by atoms with van der Waals surface area (Å²) in [6, 6.07) is 12.8. The lowest BCUT2D eigenvalue weighted by Gasteiger charge is -2.07. The quantitative estimate of drug-likeness (QED) is 0.639. The fourth-order valence-corrected chi connectivity index (χ4v) is 3.74. The second-order valence-corrected chi connectivity index (χ2v) is 7.36. The van der Waals surface area contributed by atoms with Crippen LogP contribution in [-0.2, 0) is 11.8 Å². The Morgan fingerprint density at radius 1 is 1.22 bits per heavy atom. The number of carbonyl (C=O) groups is 1. The Labute approximate surface area is 166 Å². The molecule has 0 bridgehead atoms. The maximum absolute atomic E-state index is 12.8. The maximum atomic E-state index is 12.8. The molecule has 0 aliphatic rings. The molecule has 2 heterocycles. The summed E-state index contributed by atoms with van der Waals surface area (Å²) in [5, 5.41) is 4.00. The highest BCUT2D eigenvalue weighted by Crippen LogP contribution is 2.24. The lowest BCUT2D eigenvalue weighted by molar-refractivity contribution is -0.115. The van der Waals surface area contributed by atoms with Gasteiger partial charge in [-0.2, -0.15) is 0 Å². The first-order valence-electron chi connectivity index (χ1n) is 8.36. The molecule has 0 saturated heterocycles.